The van der Waals surface area contributed by atoms with Crippen molar-refractivity contribution in [2.45, 2.75) is 19.0 Å². The smallest absolute Gasteiger partial charge is 0.315 e. The Morgan fingerprint density at radius 3 is 2.64 bits per heavy atom. The van der Waals surface area contributed by atoms with Crippen LogP contribution in [0.4, 0.5) is 4.79 Å². The Morgan fingerprint density at radius 1 is 1.23 bits per heavy atom. The lowest BCUT2D eigenvalue weighted by Crippen LogP contribution is -2.38. The third-order valence-corrected chi connectivity index (χ3v) is 3.37. The van der Waals surface area contributed by atoms with E-state index in [0.29, 0.717) is 18.0 Å². The van der Waals surface area contributed by atoms with Gasteiger partial charge in [-0.15, -0.1) is 0 Å². The SMILES string of the molecule is O=C(NCc1ccc(Cl)cn1)N[C@H](CCO)c1ccccc1. The minimum atomic E-state index is -0.306. The van der Waals surface area contributed by atoms with Crippen LogP contribution in [0.25, 0.3) is 0 Å². The molecule has 0 unspecified atom stereocenters. The Bertz CT molecular complexity index is 590. The predicted molar refractivity (Wildman–Crippen MR) is 85.5 cm³/mol. The van der Waals surface area contributed by atoms with Crippen molar-refractivity contribution < 1.29 is 9.90 Å². The summed E-state index contributed by atoms with van der Waals surface area (Å²) in [6, 6.07) is 12.5. The summed E-state index contributed by atoms with van der Waals surface area (Å²) >= 11 is 5.76. The molecule has 0 radical (unpaired) electrons. The topological polar surface area (TPSA) is 74.2 Å². The van der Waals surface area contributed by atoms with Gasteiger partial charge in [-0.25, -0.2) is 4.79 Å². The Labute approximate surface area is 134 Å². The highest BCUT2D eigenvalue weighted by Crippen LogP contribution is 2.15. The minimum absolute atomic E-state index is 0.00141. The van der Waals surface area contributed by atoms with Crippen molar-refractivity contribution in [2.75, 3.05) is 6.61 Å². The quantitative estimate of drug-likeness (QED) is 0.766. The van der Waals surface area contributed by atoms with Gasteiger partial charge in [0.05, 0.1) is 23.3 Å². The Hall–Kier alpha value is -2.11. The summed E-state index contributed by atoms with van der Waals surface area (Å²) in [7, 11) is 0. The van der Waals surface area contributed by atoms with Gasteiger partial charge in [-0.05, 0) is 24.1 Å². The first kappa shape index (κ1) is 16.3. The van der Waals surface area contributed by atoms with Crippen LogP contribution in [-0.4, -0.2) is 22.7 Å². The van der Waals surface area contributed by atoms with Crippen molar-refractivity contribution in [3.63, 3.8) is 0 Å². The molecule has 5 nitrogen and oxygen atoms in total. The van der Waals surface area contributed by atoms with Crippen molar-refractivity contribution in [2.24, 2.45) is 0 Å². The van der Waals surface area contributed by atoms with E-state index in [-0.39, 0.29) is 18.7 Å². The normalized spacial score (nSPS) is 11.7. The molecule has 0 aliphatic carbocycles. The minimum Gasteiger partial charge on any atom is -0.396 e. The van der Waals surface area contributed by atoms with Crippen LogP contribution in [0.3, 0.4) is 0 Å². The number of benzene rings is 1. The molecular weight excluding hydrogens is 302 g/mol. The number of halogens is 1. The summed E-state index contributed by atoms with van der Waals surface area (Å²) in [6.45, 7) is 0.308. The Balaban J connectivity index is 1.89. The number of aliphatic hydroxyl groups is 1. The molecule has 2 rings (SSSR count). The highest BCUT2D eigenvalue weighted by molar-refractivity contribution is 6.30. The van der Waals surface area contributed by atoms with Crippen LogP contribution in [-0.2, 0) is 6.54 Å². The molecule has 1 aromatic heterocycles. The second-order valence-corrected chi connectivity index (χ2v) is 5.21. The van der Waals surface area contributed by atoms with Crippen LogP contribution in [0, 0.1) is 0 Å². The number of pyridine rings is 1. The maximum absolute atomic E-state index is 12.0. The molecule has 0 saturated heterocycles. The summed E-state index contributed by atoms with van der Waals surface area (Å²) in [5.74, 6) is 0. The van der Waals surface area contributed by atoms with Crippen LogP contribution in [0.5, 0.6) is 0 Å². The predicted octanol–water partition coefficient (Wildman–Crippen LogP) is 2.66. The molecule has 116 valence electrons. The van der Waals surface area contributed by atoms with E-state index in [4.69, 9.17) is 16.7 Å². The Morgan fingerprint density at radius 2 is 2.00 bits per heavy atom. The summed E-state index contributed by atoms with van der Waals surface area (Å²) in [4.78, 5) is 16.1. The molecule has 0 bridgehead atoms. The fourth-order valence-corrected chi connectivity index (χ4v) is 2.14. The maximum Gasteiger partial charge on any atom is 0.315 e. The molecular formula is C16H18ClN3O2. The number of carbonyl (C=O) groups is 1. The van der Waals surface area contributed by atoms with E-state index in [9.17, 15) is 4.79 Å². The average Bonchev–Trinajstić information content (AvgIpc) is 2.55. The number of hydrogen-bond acceptors (Lipinski definition) is 3. The molecule has 1 atom stereocenters. The second kappa shape index (κ2) is 8.36. The number of amides is 2. The number of nitrogens with one attached hydrogen (secondary N) is 2. The lowest BCUT2D eigenvalue weighted by molar-refractivity contribution is 0.229. The number of hydrogen-bond donors (Lipinski definition) is 3. The zero-order chi connectivity index (χ0) is 15.8. The molecule has 0 spiro atoms. The van der Waals surface area contributed by atoms with Gasteiger partial charge in [0.15, 0.2) is 0 Å². The summed E-state index contributed by atoms with van der Waals surface area (Å²) < 4.78 is 0. The van der Waals surface area contributed by atoms with Crippen LogP contribution in [0.15, 0.2) is 48.7 Å². The number of nitrogens with zero attached hydrogens (tertiary/aromatic N) is 1. The van der Waals surface area contributed by atoms with Gasteiger partial charge in [-0.3, -0.25) is 4.98 Å². The summed E-state index contributed by atoms with van der Waals surface area (Å²) in [5, 5.41) is 15.3. The molecule has 1 heterocycles. The van der Waals surface area contributed by atoms with E-state index in [1.807, 2.05) is 30.3 Å². The van der Waals surface area contributed by atoms with Gasteiger partial charge < -0.3 is 15.7 Å². The summed E-state index contributed by atoms with van der Waals surface area (Å²) in [5.41, 5.74) is 1.68. The Kier molecular flexibility index (Phi) is 6.18. The lowest BCUT2D eigenvalue weighted by Gasteiger charge is -2.18. The van der Waals surface area contributed by atoms with Crippen LogP contribution < -0.4 is 10.6 Å². The van der Waals surface area contributed by atoms with Gasteiger partial charge in [0, 0.05) is 12.8 Å². The molecule has 1 aromatic carbocycles. The largest absolute Gasteiger partial charge is 0.396 e. The van der Waals surface area contributed by atoms with Gasteiger partial charge in [-0.1, -0.05) is 41.9 Å². The van der Waals surface area contributed by atoms with Crippen LogP contribution >= 0.6 is 11.6 Å². The molecule has 2 aromatic rings. The number of carbonyl (C=O) groups excluding carboxylic acids is 1. The number of aliphatic hydroxyl groups excluding tert-OH is 1. The first-order chi connectivity index (χ1) is 10.7. The molecule has 0 saturated carbocycles. The van der Waals surface area contributed by atoms with Gasteiger partial charge in [-0.2, -0.15) is 0 Å². The number of aromatic nitrogens is 1. The van der Waals surface area contributed by atoms with Crippen molar-refractivity contribution in [3.05, 3.63) is 64.9 Å². The first-order valence-electron chi connectivity index (χ1n) is 6.99. The van der Waals surface area contributed by atoms with Crippen LogP contribution in [0.2, 0.25) is 5.02 Å². The second-order valence-electron chi connectivity index (χ2n) is 4.77. The molecule has 0 fully saturated rings. The number of rotatable bonds is 6. The fourth-order valence-electron chi connectivity index (χ4n) is 2.03. The highest BCUT2D eigenvalue weighted by Gasteiger charge is 2.13. The van der Waals surface area contributed by atoms with Crippen LogP contribution in [0.1, 0.15) is 23.7 Å². The van der Waals surface area contributed by atoms with Crippen molar-refractivity contribution >= 4 is 17.6 Å². The van der Waals surface area contributed by atoms with Gasteiger partial charge >= 0.3 is 6.03 Å². The maximum atomic E-state index is 12.0. The molecule has 6 heteroatoms. The third-order valence-electron chi connectivity index (χ3n) is 3.14. The molecule has 0 aliphatic heterocycles. The first-order valence-corrected chi connectivity index (χ1v) is 7.37. The lowest BCUT2D eigenvalue weighted by atomic mass is 10.0. The highest BCUT2D eigenvalue weighted by atomic mass is 35.5. The molecule has 3 N–H and O–H groups in total. The molecule has 2 amide bonds. The van der Waals surface area contributed by atoms with E-state index in [1.54, 1.807) is 12.1 Å². The van der Waals surface area contributed by atoms with Gasteiger partial charge in [0.2, 0.25) is 0 Å². The van der Waals surface area contributed by atoms with Crippen molar-refractivity contribution in [1.82, 2.24) is 15.6 Å². The zero-order valence-electron chi connectivity index (χ0n) is 12.0. The van der Waals surface area contributed by atoms with E-state index in [2.05, 4.69) is 15.6 Å². The van der Waals surface area contributed by atoms with Crippen molar-refractivity contribution in [1.29, 1.82) is 0 Å². The number of urea groups is 1. The van der Waals surface area contributed by atoms with Gasteiger partial charge in [0.1, 0.15) is 0 Å². The van der Waals surface area contributed by atoms with Crippen molar-refractivity contribution in [3.8, 4) is 0 Å². The standard InChI is InChI=1S/C16H18ClN3O2/c17-13-6-7-14(18-10-13)11-19-16(22)20-15(8-9-21)12-4-2-1-3-5-12/h1-7,10,15,21H,8-9,11H2,(H2,19,20,22)/t15-/m1/s1. The van der Waals surface area contributed by atoms with E-state index < -0.39 is 0 Å². The van der Waals surface area contributed by atoms with E-state index >= 15 is 0 Å². The van der Waals surface area contributed by atoms with E-state index in [0.717, 1.165) is 11.3 Å². The fraction of sp³-hybridized carbons (Fsp3) is 0.250. The van der Waals surface area contributed by atoms with Gasteiger partial charge in [0.25, 0.3) is 0 Å². The average molecular weight is 320 g/mol. The third kappa shape index (κ3) is 5.02. The molecule has 22 heavy (non-hydrogen) atoms. The molecule has 0 aliphatic rings. The van der Waals surface area contributed by atoms with E-state index in [1.165, 1.54) is 6.20 Å². The zero-order valence-corrected chi connectivity index (χ0v) is 12.8. The summed E-state index contributed by atoms with van der Waals surface area (Å²) in [6.07, 6.45) is 1.99. The monoisotopic (exact) mass is 319 g/mol.